The summed E-state index contributed by atoms with van der Waals surface area (Å²) in [5, 5.41) is 2.15. The van der Waals surface area contributed by atoms with E-state index in [1.54, 1.807) is 36.5 Å². The lowest BCUT2D eigenvalue weighted by Gasteiger charge is -2.13. The Labute approximate surface area is 174 Å². The molecule has 0 saturated carbocycles. The Bertz CT molecular complexity index is 987. The number of halogens is 6. The highest BCUT2D eigenvalue weighted by molar-refractivity contribution is 6.47. The Morgan fingerprint density at radius 3 is 1.72 bits per heavy atom. The fraction of sp³-hybridized carbons (Fsp3) is 0. The Balaban J connectivity index is 2.19. The number of rotatable bonds is 2. The fourth-order valence-corrected chi connectivity index (χ4v) is 3.82. The molecule has 128 valence electrons. The number of anilines is 1. The average molecular weight is 453 g/mol. The van der Waals surface area contributed by atoms with Crippen molar-refractivity contribution in [3.63, 3.8) is 0 Å². The van der Waals surface area contributed by atoms with Crippen LogP contribution in [-0.4, -0.2) is 4.98 Å². The molecule has 0 radical (unpaired) electrons. The molecule has 3 aromatic rings. The summed E-state index contributed by atoms with van der Waals surface area (Å²) in [6.07, 6.45) is 1.57. The van der Waals surface area contributed by atoms with E-state index in [4.69, 9.17) is 75.3 Å². The van der Waals surface area contributed by atoms with Gasteiger partial charge in [-0.05, 0) is 30.3 Å². The Morgan fingerprint density at radius 2 is 1.16 bits per heavy atom. The molecule has 0 bridgehead atoms. The lowest BCUT2D eigenvalue weighted by molar-refractivity contribution is 1.33. The maximum atomic E-state index is 6.27. The van der Waals surface area contributed by atoms with Crippen molar-refractivity contribution < 1.29 is 0 Å². The van der Waals surface area contributed by atoms with Gasteiger partial charge in [-0.25, -0.2) is 0 Å². The summed E-state index contributed by atoms with van der Waals surface area (Å²) in [4.78, 5) is 4.39. The van der Waals surface area contributed by atoms with Crippen LogP contribution in [0.4, 0.5) is 5.69 Å². The first kappa shape index (κ1) is 18.9. The van der Waals surface area contributed by atoms with Crippen LogP contribution in [0.3, 0.4) is 0 Å². The van der Waals surface area contributed by atoms with Gasteiger partial charge in [0, 0.05) is 22.9 Å². The fourth-order valence-electron chi connectivity index (χ4n) is 2.36. The number of hydrogen-bond acceptors (Lipinski definition) is 2. The van der Waals surface area contributed by atoms with Crippen LogP contribution in [0.25, 0.3) is 22.4 Å². The van der Waals surface area contributed by atoms with Gasteiger partial charge in [-0.2, -0.15) is 0 Å². The van der Waals surface area contributed by atoms with Crippen molar-refractivity contribution in [2.75, 3.05) is 5.73 Å². The highest BCUT2D eigenvalue weighted by Crippen LogP contribution is 2.43. The molecule has 0 atom stereocenters. The molecule has 2 nitrogen and oxygen atoms in total. The van der Waals surface area contributed by atoms with Crippen molar-refractivity contribution in [1.29, 1.82) is 0 Å². The van der Waals surface area contributed by atoms with E-state index in [9.17, 15) is 0 Å². The second-order valence-corrected chi connectivity index (χ2v) is 7.48. The molecular formula is C17H8Cl6N2. The van der Waals surface area contributed by atoms with E-state index in [-0.39, 0.29) is 5.02 Å². The van der Waals surface area contributed by atoms with Crippen molar-refractivity contribution in [3.8, 4) is 22.4 Å². The number of nitrogens with zero attached hydrogens (tertiary/aromatic N) is 1. The Hall–Kier alpha value is -0.870. The van der Waals surface area contributed by atoms with Crippen LogP contribution in [0.15, 0.2) is 36.5 Å². The van der Waals surface area contributed by atoms with E-state index >= 15 is 0 Å². The van der Waals surface area contributed by atoms with E-state index < -0.39 is 0 Å². The van der Waals surface area contributed by atoms with Gasteiger partial charge in [0.15, 0.2) is 0 Å². The quantitative estimate of drug-likeness (QED) is 0.401. The molecule has 0 fully saturated rings. The predicted octanol–water partition coefficient (Wildman–Crippen LogP) is 7.92. The maximum absolute atomic E-state index is 6.27. The van der Waals surface area contributed by atoms with Crippen LogP contribution in [0, 0.1) is 0 Å². The van der Waals surface area contributed by atoms with Crippen LogP contribution in [0.2, 0.25) is 30.1 Å². The minimum atomic E-state index is 0.278. The summed E-state index contributed by atoms with van der Waals surface area (Å²) in [6, 6.07) is 8.18. The molecule has 1 heterocycles. The average Bonchev–Trinajstić information content (AvgIpc) is 2.57. The van der Waals surface area contributed by atoms with Gasteiger partial charge in [0.05, 0.1) is 41.5 Å². The summed E-state index contributed by atoms with van der Waals surface area (Å²) in [5.41, 5.74) is 8.56. The number of hydrogen-bond donors (Lipinski definition) is 1. The molecule has 2 N–H and O–H groups in total. The molecule has 0 amide bonds. The molecule has 1 aromatic heterocycles. The van der Waals surface area contributed by atoms with E-state index in [2.05, 4.69) is 4.98 Å². The molecule has 0 saturated heterocycles. The molecule has 3 rings (SSSR count). The van der Waals surface area contributed by atoms with Crippen molar-refractivity contribution >= 4 is 75.3 Å². The predicted molar refractivity (Wildman–Crippen MR) is 110 cm³/mol. The standard InChI is InChI=1S/C17H8Cl6N2/c18-8-1-3-10(20)15(22)13(8)7-5-12(24)17(25-6-7)14-9(19)2-4-11(21)16(14)23/h1-6H,24H2. The Kier molecular flexibility index (Phi) is 5.60. The van der Waals surface area contributed by atoms with Crippen molar-refractivity contribution in [3.05, 3.63) is 66.7 Å². The van der Waals surface area contributed by atoms with Crippen molar-refractivity contribution in [2.24, 2.45) is 0 Å². The van der Waals surface area contributed by atoms with Crippen LogP contribution < -0.4 is 5.73 Å². The highest BCUT2D eigenvalue weighted by Gasteiger charge is 2.18. The minimum absolute atomic E-state index is 0.278. The summed E-state index contributed by atoms with van der Waals surface area (Å²) < 4.78 is 0. The van der Waals surface area contributed by atoms with Gasteiger partial charge >= 0.3 is 0 Å². The van der Waals surface area contributed by atoms with E-state index in [1.807, 2.05) is 0 Å². The van der Waals surface area contributed by atoms with Gasteiger partial charge in [0.1, 0.15) is 0 Å². The second-order valence-electron chi connectivity index (χ2n) is 5.10. The molecule has 0 unspecified atom stereocenters. The maximum Gasteiger partial charge on any atom is 0.0962 e. The largest absolute Gasteiger partial charge is 0.397 e. The molecule has 8 heteroatoms. The normalized spacial score (nSPS) is 11.0. The number of pyridine rings is 1. The van der Waals surface area contributed by atoms with Gasteiger partial charge in [-0.3, -0.25) is 4.98 Å². The van der Waals surface area contributed by atoms with E-state index in [1.165, 1.54) is 0 Å². The van der Waals surface area contributed by atoms with Gasteiger partial charge in [0.25, 0.3) is 0 Å². The van der Waals surface area contributed by atoms with Crippen LogP contribution in [-0.2, 0) is 0 Å². The van der Waals surface area contributed by atoms with E-state index in [0.717, 1.165) is 0 Å². The Morgan fingerprint density at radius 1 is 0.680 bits per heavy atom. The molecule has 25 heavy (non-hydrogen) atoms. The molecule has 0 aliphatic rings. The summed E-state index contributed by atoms with van der Waals surface area (Å²) in [7, 11) is 0. The van der Waals surface area contributed by atoms with Gasteiger partial charge in [-0.15, -0.1) is 0 Å². The topological polar surface area (TPSA) is 38.9 Å². The van der Waals surface area contributed by atoms with Crippen LogP contribution in [0.1, 0.15) is 0 Å². The highest BCUT2D eigenvalue weighted by atomic mass is 35.5. The first-order chi connectivity index (χ1) is 11.8. The third kappa shape index (κ3) is 3.52. The van der Waals surface area contributed by atoms with Crippen molar-refractivity contribution in [2.45, 2.75) is 0 Å². The van der Waals surface area contributed by atoms with Crippen LogP contribution >= 0.6 is 69.6 Å². The first-order valence-electron chi connectivity index (χ1n) is 6.84. The number of benzene rings is 2. The zero-order chi connectivity index (χ0) is 18.3. The van der Waals surface area contributed by atoms with E-state index in [0.29, 0.717) is 53.2 Å². The lowest BCUT2D eigenvalue weighted by Crippen LogP contribution is -1.97. The second kappa shape index (κ2) is 7.40. The van der Waals surface area contributed by atoms with Gasteiger partial charge in [0.2, 0.25) is 0 Å². The molecule has 0 aliphatic carbocycles. The summed E-state index contributed by atoms with van der Waals surface area (Å²) in [5.74, 6) is 0. The number of nitrogens with two attached hydrogens (primary N) is 1. The first-order valence-corrected chi connectivity index (χ1v) is 9.11. The molecular weight excluding hydrogens is 445 g/mol. The third-order valence-electron chi connectivity index (χ3n) is 3.53. The molecule has 2 aromatic carbocycles. The number of nitrogen functional groups attached to an aromatic ring is 1. The van der Waals surface area contributed by atoms with Gasteiger partial charge < -0.3 is 5.73 Å². The molecule has 0 spiro atoms. The lowest BCUT2D eigenvalue weighted by atomic mass is 10.0. The monoisotopic (exact) mass is 450 g/mol. The van der Waals surface area contributed by atoms with Gasteiger partial charge in [-0.1, -0.05) is 69.6 Å². The minimum Gasteiger partial charge on any atom is -0.397 e. The molecule has 0 aliphatic heterocycles. The zero-order valence-electron chi connectivity index (χ0n) is 12.3. The third-order valence-corrected chi connectivity index (χ3v) is 5.77. The summed E-state index contributed by atoms with van der Waals surface area (Å²) >= 11 is 37.1. The smallest absolute Gasteiger partial charge is 0.0962 e. The summed E-state index contributed by atoms with van der Waals surface area (Å²) in [6.45, 7) is 0. The van der Waals surface area contributed by atoms with Crippen LogP contribution in [0.5, 0.6) is 0 Å². The zero-order valence-corrected chi connectivity index (χ0v) is 16.8. The van der Waals surface area contributed by atoms with Crippen molar-refractivity contribution in [1.82, 2.24) is 4.98 Å². The number of aromatic nitrogens is 1. The SMILES string of the molecule is Nc1cc(-c2c(Cl)ccc(Cl)c2Cl)cnc1-c1c(Cl)ccc(Cl)c1Cl.